The van der Waals surface area contributed by atoms with Crippen LogP contribution in [0.1, 0.15) is 43.1 Å². The minimum Gasteiger partial charge on any atom is -0.382 e. The van der Waals surface area contributed by atoms with Crippen molar-refractivity contribution in [3.8, 4) is 0 Å². The smallest absolute Gasteiger partial charge is 0.382 e. The summed E-state index contributed by atoms with van der Waals surface area (Å²) in [7, 11) is 0. The lowest BCUT2D eigenvalue weighted by atomic mass is 10.1. The Morgan fingerprint density at radius 3 is 2.54 bits per heavy atom. The van der Waals surface area contributed by atoms with E-state index in [-0.39, 0.29) is 11.0 Å². The number of aromatic nitrogens is 2. The third-order valence-electron chi connectivity index (χ3n) is 4.51. The Kier molecular flexibility index (Phi) is 6.82. The van der Waals surface area contributed by atoms with Gasteiger partial charge in [-0.1, -0.05) is 0 Å². The van der Waals surface area contributed by atoms with Crippen LogP contribution >= 0.6 is 0 Å². The lowest BCUT2D eigenvalue weighted by Crippen LogP contribution is -2.39. The number of fused-ring (bicyclic) bond motifs is 1. The van der Waals surface area contributed by atoms with E-state index < -0.39 is 29.4 Å². The number of hydrogen-bond acceptors (Lipinski definition) is 4. The van der Waals surface area contributed by atoms with Crippen LogP contribution in [-0.2, 0) is 15.7 Å². The maximum Gasteiger partial charge on any atom is 0.438 e. The van der Waals surface area contributed by atoms with Gasteiger partial charge in [-0.15, -0.1) is 0 Å². The van der Waals surface area contributed by atoms with Crippen LogP contribution in [0, 0.1) is 13.8 Å². The van der Waals surface area contributed by atoms with Gasteiger partial charge in [0, 0.05) is 19.8 Å². The molecule has 0 unspecified atom stereocenters. The molecular formula is C19H24F3N3O3. The summed E-state index contributed by atoms with van der Waals surface area (Å²) < 4.78 is 46.0. The molecule has 154 valence electrons. The second kappa shape index (κ2) is 8.72. The van der Waals surface area contributed by atoms with Gasteiger partial charge in [-0.3, -0.25) is 14.2 Å². The number of benzene rings is 1. The van der Waals surface area contributed by atoms with E-state index in [0.29, 0.717) is 26.2 Å². The first-order valence-electron chi connectivity index (χ1n) is 9.04. The molecule has 1 aromatic heterocycles. The molecule has 2 rings (SSSR count). The summed E-state index contributed by atoms with van der Waals surface area (Å²) in [5.41, 5.74) is -1.12. The molecule has 0 aliphatic heterocycles. The molecule has 1 N–H and O–H groups in total. The van der Waals surface area contributed by atoms with E-state index in [0.717, 1.165) is 15.7 Å². The highest BCUT2D eigenvalue weighted by molar-refractivity contribution is 5.84. The van der Waals surface area contributed by atoms with Crippen molar-refractivity contribution in [1.82, 2.24) is 14.9 Å². The van der Waals surface area contributed by atoms with Crippen LogP contribution in [0.3, 0.4) is 0 Å². The minimum absolute atomic E-state index is 0.0195. The number of amides is 1. The van der Waals surface area contributed by atoms with E-state index in [1.807, 2.05) is 6.92 Å². The highest BCUT2D eigenvalue weighted by Crippen LogP contribution is 2.28. The second-order valence-corrected chi connectivity index (χ2v) is 6.58. The molecule has 28 heavy (non-hydrogen) atoms. The average Bonchev–Trinajstić information content (AvgIpc) is 2.61. The molecule has 1 heterocycles. The quantitative estimate of drug-likeness (QED) is 0.726. The van der Waals surface area contributed by atoms with Gasteiger partial charge in [-0.25, -0.2) is 4.98 Å². The zero-order valence-electron chi connectivity index (χ0n) is 16.3. The summed E-state index contributed by atoms with van der Waals surface area (Å²) >= 11 is 0. The van der Waals surface area contributed by atoms with Crippen LogP contribution in [0.4, 0.5) is 13.2 Å². The first kappa shape index (κ1) is 21.9. The van der Waals surface area contributed by atoms with Crippen molar-refractivity contribution >= 4 is 16.9 Å². The molecule has 0 aliphatic rings. The summed E-state index contributed by atoms with van der Waals surface area (Å²) in [6.45, 7) is 8.08. The van der Waals surface area contributed by atoms with Gasteiger partial charge in [0.1, 0.15) is 6.04 Å². The Bertz CT molecular complexity index is 922. The van der Waals surface area contributed by atoms with Crippen LogP contribution in [0.15, 0.2) is 16.9 Å². The van der Waals surface area contributed by atoms with E-state index >= 15 is 0 Å². The lowest BCUT2D eigenvalue weighted by molar-refractivity contribution is -0.142. The van der Waals surface area contributed by atoms with Gasteiger partial charge in [0.05, 0.1) is 11.0 Å². The summed E-state index contributed by atoms with van der Waals surface area (Å²) in [5, 5.41) is 2.64. The highest BCUT2D eigenvalue weighted by Gasteiger charge is 2.38. The molecule has 6 nitrogen and oxygen atoms in total. The van der Waals surface area contributed by atoms with E-state index in [1.165, 1.54) is 13.0 Å². The first-order chi connectivity index (χ1) is 13.1. The van der Waals surface area contributed by atoms with Gasteiger partial charge in [0.15, 0.2) is 0 Å². The van der Waals surface area contributed by atoms with Gasteiger partial charge in [-0.05, 0) is 57.4 Å². The van der Waals surface area contributed by atoms with Crippen molar-refractivity contribution in [2.75, 3.05) is 19.8 Å². The van der Waals surface area contributed by atoms with Crippen LogP contribution in [0.5, 0.6) is 0 Å². The minimum atomic E-state index is -4.92. The molecule has 1 amide bonds. The molecule has 0 bridgehead atoms. The Hall–Kier alpha value is -2.42. The second-order valence-electron chi connectivity index (χ2n) is 6.58. The van der Waals surface area contributed by atoms with Crippen LogP contribution < -0.4 is 10.9 Å². The predicted octanol–water partition coefficient (Wildman–Crippen LogP) is 3.14. The molecule has 0 fully saturated rings. The normalized spacial score (nSPS) is 13.0. The zero-order chi connectivity index (χ0) is 21.1. The summed E-state index contributed by atoms with van der Waals surface area (Å²) in [6, 6.07) is 1.94. The van der Waals surface area contributed by atoms with Gasteiger partial charge in [-0.2, -0.15) is 13.2 Å². The van der Waals surface area contributed by atoms with Crippen molar-refractivity contribution in [2.24, 2.45) is 0 Å². The molecule has 9 heteroatoms. The molecule has 0 saturated heterocycles. The number of hydrogen-bond donors (Lipinski definition) is 1. The van der Waals surface area contributed by atoms with Crippen molar-refractivity contribution in [2.45, 2.75) is 46.3 Å². The maximum atomic E-state index is 13.3. The molecular weight excluding hydrogens is 375 g/mol. The third-order valence-corrected chi connectivity index (χ3v) is 4.51. The van der Waals surface area contributed by atoms with E-state index in [9.17, 15) is 22.8 Å². The monoisotopic (exact) mass is 399 g/mol. The van der Waals surface area contributed by atoms with Crippen LogP contribution in [-0.4, -0.2) is 35.2 Å². The zero-order valence-corrected chi connectivity index (χ0v) is 16.3. The number of rotatable bonds is 7. The number of carbonyl (C=O) groups excluding carboxylic acids is 1. The Morgan fingerprint density at radius 2 is 1.93 bits per heavy atom. The van der Waals surface area contributed by atoms with Gasteiger partial charge in [0.25, 0.3) is 5.56 Å². The number of carbonyl (C=O) groups is 1. The molecule has 1 aromatic carbocycles. The topological polar surface area (TPSA) is 73.2 Å². The number of nitrogens with zero attached hydrogens (tertiary/aromatic N) is 2. The fraction of sp³-hybridized carbons (Fsp3) is 0.526. The molecule has 2 aromatic rings. The molecule has 0 spiro atoms. The Labute approximate surface area is 160 Å². The first-order valence-corrected chi connectivity index (χ1v) is 9.04. The summed E-state index contributed by atoms with van der Waals surface area (Å²) in [5.74, 6) is -0.544. The van der Waals surface area contributed by atoms with Gasteiger partial charge < -0.3 is 10.1 Å². The van der Waals surface area contributed by atoms with Crippen molar-refractivity contribution in [3.63, 3.8) is 0 Å². The van der Waals surface area contributed by atoms with Crippen LogP contribution in [0.25, 0.3) is 11.0 Å². The number of ether oxygens (including phenoxy) is 1. The number of halogens is 3. The number of alkyl halides is 3. The van der Waals surface area contributed by atoms with Crippen molar-refractivity contribution in [3.05, 3.63) is 39.3 Å². The fourth-order valence-electron chi connectivity index (χ4n) is 2.82. The summed E-state index contributed by atoms with van der Waals surface area (Å²) in [4.78, 5) is 28.6. The molecule has 1 atom stereocenters. The Morgan fingerprint density at radius 1 is 1.29 bits per heavy atom. The number of nitrogens with one attached hydrogen (secondary N) is 1. The van der Waals surface area contributed by atoms with E-state index in [1.54, 1.807) is 19.9 Å². The van der Waals surface area contributed by atoms with E-state index in [2.05, 4.69) is 10.3 Å². The lowest BCUT2D eigenvalue weighted by Gasteiger charge is -2.20. The summed E-state index contributed by atoms with van der Waals surface area (Å²) in [6.07, 6.45) is -4.36. The molecule has 0 radical (unpaired) electrons. The van der Waals surface area contributed by atoms with Crippen molar-refractivity contribution < 1.29 is 22.7 Å². The SMILES string of the molecule is CCOCCCNC(=O)[C@H](C)n1c(=O)c(C(F)(F)F)nc2cc(C)c(C)cc21. The van der Waals surface area contributed by atoms with Gasteiger partial charge in [0.2, 0.25) is 11.6 Å². The van der Waals surface area contributed by atoms with Crippen molar-refractivity contribution in [1.29, 1.82) is 0 Å². The largest absolute Gasteiger partial charge is 0.438 e. The maximum absolute atomic E-state index is 13.3. The third kappa shape index (κ3) is 4.70. The number of aryl methyl sites for hydroxylation is 2. The van der Waals surface area contributed by atoms with Gasteiger partial charge >= 0.3 is 6.18 Å². The fourth-order valence-corrected chi connectivity index (χ4v) is 2.82. The van der Waals surface area contributed by atoms with Crippen LogP contribution in [0.2, 0.25) is 0 Å². The Balaban J connectivity index is 2.48. The van der Waals surface area contributed by atoms with E-state index in [4.69, 9.17) is 4.74 Å². The predicted molar refractivity (Wildman–Crippen MR) is 99.3 cm³/mol. The highest BCUT2D eigenvalue weighted by atomic mass is 19.4. The average molecular weight is 399 g/mol. The molecule has 0 aliphatic carbocycles. The standard InChI is InChI=1S/C19H24F3N3O3/c1-5-28-8-6-7-23-17(26)13(4)25-15-10-12(3)11(2)9-14(15)24-16(18(25)27)19(20,21)22/h9-10,13H,5-8H2,1-4H3,(H,23,26)/t13-/m0/s1. The molecule has 0 saturated carbocycles.